The zero-order valence-electron chi connectivity index (χ0n) is 11.0. The maximum absolute atomic E-state index is 12.2. The van der Waals surface area contributed by atoms with Crippen LogP contribution in [0.2, 0.25) is 0 Å². The molecule has 0 aliphatic heterocycles. The van der Waals surface area contributed by atoms with Gasteiger partial charge < -0.3 is 4.74 Å². The highest BCUT2D eigenvalue weighted by atomic mass is 32.1. The number of carbonyl (C=O) groups excluding carboxylic acids is 1. The monoisotopic (exact) mass is 321 g/mol. The van der Waals surface area contributed by atoms with Crippen molar-refractivity contribution >= 4 is 33.3 Å². The van der Waals surface area contributed by atoms with Gasteiger partial charge in [0.1, 0.15) is 5.75 Å². The summed E-state index contributed by atoms with van der Waals surface area (Å²) in [6, 6.07) is 5.99. The van der Waals surface area contributed by atoms with Crippen LogP contribution >= 0.6 is 11.3 Å². The van der Waals surface area contributed by atoms with Crippen molar-refractivity contribution in [2.75, 3.05) is 5.32 Å². The van der Waals surface area contributed by atoms with Crippen LogP contribution in [0.1, 0.15) is 10.4 Å². The number of hydrogen-bond acceptors (Lipinski definition) is 5. The van der Waals surface area contributed by atoms with Crippen molar-refractivity contribution in [1.29, 1.82) is 0 Å². The lowest BCUT2D eigenvalue weighted by Gasteiger charge is -2.06. The summed E-state index contributed by atoms with van der Waals surface area (Å²) >= 11 is 1.31. The molecule has 1 N–H and O–H groups in total. The molecule has 0 unspecified atom stereocenters. The van der Waals surface area contributed by atoms with E-state index in [1.165, 1.54) is 29.7 Å². The number of halogens is 2. The standard InChI is InChI=1S/C14H9F2N3O2S/c15-13(16)21-10-2-1-8-5-9(7-18-11(8)6-10)12(20)19-14-17-3-4-22-14/h1-7,13H,(H,17,19,20). The van der Waals surface area contributed by atoms with Crippen molar-refractivity contribution in [3.8, 4) is 5.75 Å². The van der Waals surface area contributed by atoms with Gasteiger partial charge >= 0.3 is 6.61 Å². The van der Waals surface area contributed by atoms with E-state index in [-0.39, 0.29) is 11.7 Å². The van der Waals surface area contributed by atoms with E-state index in [0.29, 0.717) is 21.6 Å². The number of ether oxygens (including phenoxy) is 1. The van der Waals surface area contributed by atoms with Gasteiger partial charge in [-0.3, -0.25) is 15.1 Å². The van der Waals surface area contributed by atoms with Gasteiger partial charge in [-0.05, 0) is 18.2 Å². The Hall–Kier alpha value is -2.61. The second kappa shape index (κ2) is 6.02. The van der Waals surface area contributed by atoms with Crippen LogP contribution in [0.5, 0.6) is 5.75 Å². The van der Waals surface area contributed by atoms with E-state index in [1.54, 1.807) is 23.7 Å². The highest BCUT2D eigenvalue weighted by molar-refractivity contribution is 7.13. The third kappa shape index (κ3) is 3.17. The molecule has 0 fully saturated rings. The Morgan fingerprint density at radius 2 is 2.14 bits per heavy atom. The summed E-state index contributed by atoms with van der Waals surface area (Å²) in [6.45, 7) is -2.89. The van der Waals surface area contributed by atoms with E-state index in [4.69, 9.17) is 0 Å². The summed E-state index contributed by atoms with van der Waals surface area (Å²) in [5, 5.41) is 5.53. The Labute approximate surface area is 127 Å². The third-order valence-corrected chi connectivity index (χ3v) is 3.48. The minimum Gasteiger partial charge on any atom is -0.435 e. The van der Waals surface area contributed by atoms with Crippen molar-refractivity contribution in [1.82, 2.24) is 9.97 Å². The molecule has 1 aromatic carbocycles. The number of rotatable bonds is 4. The van der Waals surface area contributed by atoms with Gasteiger partial charge in [0.25, 0.3) is 5.91 Å². The first-order valence-corrected chi connectivity index (χ1v) is 7.05. The molecule has 5 nitrogen and oxygen atoms in total. The first-order chi connectivity index (χ1) is 10.6. The second-order valence-corrected chi connectivity index (χ2v) is 5.14. The molecule has 0 aliphatic rings. The number of benzene rings is 1. The van der Waals surface area contributed by atoms with Gasteiger partial charge in [0.15, 0.2) is 5.13 Å². The second-order valence-electron chi connectivity index (χ2n) is 4.25. The topological polar surface area (TPSA) is 64.1 Å². The lowest BCUT2D eigenvalue weighted by molar-refractivity contribution is -0.0497. The molecule has 2 heterocycles. The molecule has 0 spiro atoms. The molecule has 0 bridgehead atoms. The van der Waals surface area contributed by atoms with Crippen LogP contribution in [-0.4, -0.2) is 22.5 Å². The summed E-state index contributed by atoms with van der Waals surface area (Å²) in [4.78, 5) is 20.1. The molecule has 8 heteroatoms. The lowest BCUT2D eigenvalue weighted by atomic mass is 10.1. The van der Waals surface area contributed by atoms with Crippen LogP contribution < -0.4 is 10.1 Å². The Bertz CT molecular complexity index is 809. The van der Waals surface area contributed by atoms with E-state index in [2.05, 4.69) is 20.0 Å². The third-order valence-electron chi connectivity index (χ3n) is 2.80. The number of aromatic nitrogens is 2. The van der Waals surface area contributed by atoms with Gasteiger partial charge in [-0.25, -0.2) is 4.98 Å². The minimum atomic E-state index is -2.89. The van der Waals surface area contributed by atoms with Gasteiger partial charge in [0.05, 0.1) is 11.1 Å². The van der Waals surface area contributed by atoms with Crippen LogP contribution in [0.25, 0.3) is 10.9 Å². The molecule has 3 aromatic rings. The molecule has 0 saturated carbocycles. The number of alkyl halides is 2. The fourth-order valence-corrected chi connectivity index (χ4v) is 2.38. The van der Waals surface area contributed by atoms with Crippen LogP contribution in [0.4, 0.5) is 13.9 Å². The Morgan fingerprint density at radius 1 is 1.27 bits per heavy atom. The van der Waals surface area contributed by atoms with Crippen molar-refractivity contribution in [3.63, 3.8) is 0 Å². The van der Waals surface area contributed by atoms with E-state index in [9.17, 15) is 13.6 Å². The SMILES string of the molecule is O=C(Nc1nccs1)c1cnc2cc(OC(F)F)ccc2c1. The predicted molar refractivity (Wildman–Crippen MR) is 78.4 cm³/mol. The number of thiazole rings is 1. The van der Waals surface area contributed by atoms with Crippen LogP contribution in [0.15, 0.2) is 42.0 Å². The molecule has 0 atom stereocenters. The highest BCUT2D eigenvalue weighted by Gasteiger charge is 2.10. The number of anilines is 1. The molecular weight excluding hydrogens is 312 g/mol. The van der Waals surface area contributed by atoms with Crippen LogP contribution in [-0.2, 0) is 0 Å². The fourth-order valence-electron chi connectivity index (χ4n) is 1.86. The first kappa shape index (κ1) is 14.3. The molecular formula is C14H9F2N3O2S. The Kier molecular flexibility index (Phi) is 3.92. The summed E-state index contributed by atoms with van der Waals surface area (Å²) in [5.74, 6) is -0.313. The maximum Gasteiger partial charge on any atom is 0.387 e. The number of fused-ring (bicyclic) bond motifs is 1. The van der Waals surface area contributed by atoms with Gasteiger partial charge in [-0.15, -0.1) is 11.3 Å². The van der Waals surface area contributed by atoms with Gasteiger partial charge in [0.2, 0.25) is 0 Å². The fraction of sp³-hybridized carbons (Fsp3) is 0.0714. The maximum atomic E-state index is 12.2. The van der Waals surface area contributed by atoms with Crippen molar-refractivity contribution in [2.24, 2.45) is 0 Å². The summed E-state index contributed by atoms with van der Waals surface area (Å²) in [6.07, 6.45) is 2.96. The van der Waals surface area contributed by atoms with Gasteiger partial charge in [0, 0.05) is 29.2 Å². The van der Waals surface area contributed by atoms with E-state index in [1.807, 2.05) is 0 Å². The van der Waals surface area contributed by atoms with E-state index >= 15 is 0 Å². The minimum absolute atomic E-state index is 0.0231. The average Bonchev–Trinajstić information content (AvgIpc) is 2.99. The first-order valence-electron chi connectivity index (χ1n) is 6.17. The number of amides is 1. The van der Waals surface area contributed by atoms with E-state index in [0.717, 1.165) is 0 Å². The van der Waals surface area contributed by atoms with Gasteiger partial charge in [-0.2, -0.15) is 8.78 Å². The van der Waals surface area contributed by atoms with Gasteiger partial charge in [-0.1, -0.05) is 0 Å². The molecule has 2 aromatic heterocycles. The Balaban J connectivity index is 1.85. The summed E-state index contributed by atoms with van der Waals surface area (Å²) in [5.41, 5.74) is 0.814. The quantitative estimate of drug-likeness (QED) is 0.798. The molecule has 0 saturated heterocycles. The highest BCUT2D eigenvalue weighted by Crippen LogP contribution is 2.22. The zero-order chi connectivity index (χ0) is 15.5. The molecule has 1 amide bonds. The number of nitrogens with one attached hydrogen (secondary N) is 1. The summed E-state index contributed by atoms with van der Waals surface area (Å²) in [7, 11) is 0. The Morgan fingerprint density at radius 3 is 2.86 bits per heavy atom. The smallest absolute Gasteiger partial charge is 0.387 e. The molecule has 0 radical (unpaired) electrons. The van der Waals surface area contributed by atoms with Crippen molar-refractivity contribution < 1.29 is 18.3 Å². The van der Waals surface area contributed by atoms with Crippen LogP contribution in [0.3, 0.4) is 0 Å². The van der Waals surface area contributed by atoms with Crippen LogP contribution in [0, 0.1) is 0 Å². The largest absolute Gasteiger partial charge is 0.435 e. The molecule has 112 valence electrons. The average molecular weight is 321 g/mol. The number of nitrogens with zero attached hydrogens (tertiary/aromatic N) is 2. The number of carbonyl (C=O) groups is 1. The number of hydrogen-bond donors (Lipinski definition) is 1. The normalized spacial score (nSPS) is 10.9. The zero-order valence-corrected chi connectivity index (χ0v) is 11.8. The van der Waals surface area contributed by atoms with Crippen molar-refractivity contribution in [2.45, 2.75) is 6.61 Å². The lowest BCUT2D eigenvalue weighted by Crippen LogP contribution is -2.11. The number of pyridine rings is 1. The van der Waals surface area contributed by atoms with Crippen molar-refractivity contribution in [3.05, 3.63) is 47.6 Å². The summed E-state index contributed by atoms with van der Waals surface area (Å²) < 4.78 is 28.7. The van der Waals surface area contributed by atoms with E-state index < -0.39 is 6.61 Å². The molecule has 0 aliphatic carbocycles. The molecule has 3 rings (SSSR count). The molecule has 22 heavy (non-hydrogen) atoms. The predicted octanol–water partition coefficient (Wildman–Crippen LogP) is 3.55.